The number of likely N-dealkylation sites (tertiary alicyclic amines) is 1. The van der Waals surface area contributed by atoms with Gasteiger partial charge in [-0.2, -0.15) is 0 Å². The molecule has 0 bridgehead atoms. The molecular formula is C26H28F2N4O2. The molecule has 178 valence electrons. The Morgan fingerprint density at radius 2 is 1.82 bits per heavy atom. The third kappa shape index (κ3) is 4.18. The Balaban J connectivity index is 1.22. The van der Waals surface area contributed by atoms with Crippen LogP contribution in [-0.2, 0) is 0 Å². The van der Waals surface area contributed by atoms with Crippen LogP contribution >= 0.6 is 0 Å². The predicted molar refractivity (Wildman–Crippen MR) is 128 cm³/mol. The SMILES string of the molecule is CNC(=O)c1ccc(N2CCC(N3CCC(c4cc5cccc(F)c5c(=O)[nH]4)C3)CC2)cc1F. The van der Waals surface area contributed by atoms with Crippen molar-refractivity contribution in [3.8, 4) is 0 Å². The molecule has 1 amide bonds. The van der Waals surface area contributed by atoms with Gasteiger partial charge in [0.05, 0.1) is 10.9 Å². The van der Waals surface area contributed by atoms with Crippen molar-refractivity contribution in [2.24, 2.45) is 0 Å². The van der Waals surface area contributed by atoms with E-state index in [-0.39, 0.29) is 22.4 Å². The normalized spacial score (nSPS) is 19.6. The molecule has 2 N–H and O–H groups in total. The molecule has 2 aliphatic rings. The van der Waals surface area contributed by atoms with Crippen LogP contribution in [0.25, 0.3) is 10.8 Å². The minimum atomic E-state index is -0.509. The van der Waals surface area contributed by atoms with E-state index in [2.05, 4.69) is 20.1 Å². The van der Waals surface area contributed by atoms with Crippen LogP contribution in [0, 0.1) is 11.6 Å². The van der Waals surface area contributed by atoms with Crippen LogP contribution in [0.15, 0.2) is 47.3 Å². The van der Waals surface area contributed by atoms with Crippen molar-refractivity contribution in [3.63, 3.8) is 0 Å². The summed E-state index contributed by atoms with van der Waals surface area (Å²) in [5, 5.41) is 3.21. The zero-order chi connectivity index (χ0) is 23.8. The van der Waals surface area contributed by atoms with Gasteiger partial charge >= 0.3 is 0 Å². The lowest BCUT2D eigenvalue weighted by molar-refractivity contribution is 0.0959. The molecule has 8 heteroatoms. The van der Waals surface area contributed by atoms with Gasteiger partial charge in [0, 0.05) is 50.0 Å². The number of anilines is 1. The minimum Gasteiger partial charge on any atom is -0.371 e. The lowest BCUT2D eigenvalue weighted by atomic mass is 10.0. The Morgan fingerprint density at radius 1 is 1.03 bits per heavy atom. The van der Waals surface area contributed by atoms with Gasteiger partial charge in [-0.1, -0.05) is 12.1 Å². The van der Waals surface area contributed by atoms with Gasteiger partial charge in [0.1, 0.15) is 11.6 Å². The molecule has 0 saturated carbocycles. The van der Waals surface area contributed by atoms with Crippen molar-refractivity contribution in [3.05, 3.63) is 75.7 Å². The zero-order valence-corrected chi connectivity index (χ0v) is 19.1. The van der Waals surface area contributed by atoms with Crippen molar-refractivity contribution in [1.82, 2.24) is 15.2 Å². The predicted octanol–water partition coefficient (Wildman–Crippen LogP) is 3.62. The number of carbonyl (C=O) groups is 1. The topological polar surface area (TPSA) is 68.4 Å². The van der Waals surface area contributed by atoms with Gasteiger partial charge in [0.25, 0.3) is 11.5 Å². The molecule has 1 atom stereocenters. The number of fused-ring (bicyclic) bond motifs is 1. The van der Waals surface area contributed by atoms with Crippen molar-refractivity contribution in [2.75, 3.05) is 38.1 Å². The second-order valence-corrected chi connectivity index (χ2v) is 9.20. The molecule has 0 radical (unpaired) electrons. The molecule has 0 aliphatic carbocycles. The third-order valence-electron chi connectivity index (χ3n) is 7.27. The van der Waals surface area contributed by atoms with Gasteiger partial charge < -0.3 is 15.2 Å². The second-order valence-electron chi connectivity index (χ2n) is 9.20. The summed E-state index contributed by atoms with van der Waals surface area (Å²) in [6.07, 6.45) is 2.87. The van der Waals surface area contributed by atoms with Gasteiger partial charge in [-0.3, -0.25) is 14.5 Å². The molecule has 1 unspecified atom stereocenters. The number of aromatic nitrogens is 1. The summed E-state index contributed by atoms with van der Waals surface area (Å²) < 4.78 is 28.4. The average molecular weight is 467 g/mol. The fraction of sp³-hybridized carbons (Fsp3) is 0.385. The Kier molecular flexibility index (Phi) is 6.08. The highest BCUT2D eigenvalue weighted by atomic mass is 19.1. The van der Waals surface area contributed by atoms with E-state index in [0.29, 0.717) is 11.4 Å². The number of aromatic amines is 1. The number of pyridine rings is 1. The first-order valence-corrected chi connectivity index (χ1v) is 11.8. The molecule has 3 aromatic rings. The summed E-state index contributed by atoms with van der Waals surface area (Å²) in [4.78, 5) is 31.8. The molecule has 2 aliphatic heterocycles. The maximum Gasteiger partial charge on any atom is 0.259 e. The first-order valence-electron chi connectivity index (χ1n) is 11.8. The molecule has 34 heavy (non-hydrogen) atoms. The molecule has 3 heterocycles. The molecule has 1 aromatic heterocycles. The first kappa shape index (κ1) is 22.5. The van der Waals surface area contributed by atoms with Gasteiger partial charge in [-0.25, -0.2) is 8.78 Å². The van der Waals surface area contributed by atoms with E-state index in [1.165, 1.54) is 25.2 Å². The fourth-order valence-electron chi connectivity index (χ4n) is 5.40. The van der Waals surface area contributed by atoms with Crippen molar-refractivity contribution in [2.45, 2.75) is 31.2 Å². The van der Waals surface area contributed by atoms with Crippen molar-refractivity contribution in [1.29, 1.82) is 0 Å². The summed E-state index contributed by atoms with van der Waals surface area (Å²) >= 11 is 0. The van der Waals surface area contributed by atoms with Crippen LogP contribution in [0.2, 0.25) is 0 Å². The molecule has 2 fully saturated rings. The molecule has 0 spiro atoms. The average Bonchev–Trinajstić information content (AvgIpc) is 3.34. The van der Waals surface area contributed by atoms with Gasteiger partial charge in [0.2, 0.25) is 0 Å². The molecule has 2 saturated heterocycles. The third-order valence-corrected chi connectivity index (χ3v) is 7.27. The van der Waals surface area contributed by atoms with Crippen molar-refractivity contribution >= 4 is 22.4 Å². The summed E-state index contributed by atoms with van der Waals surface area (Å²) in [7, 11) is 1.49. The highest BCUT2D eigenvalue weighted by Crippen LogP contribution is 2.32. The van der Waals surface area contributed by atoms with Crippen LogP contribution < -0.4 is 15.8 Å². The fourth-order valence-corrected chi connectivity index (χ4v) is 5.40. The Hall–Kier alpha value is -3.26. The number of rotatable bonds is 4. The maximum atomic E-state index is 14.4. The van der Waals surface area contributed by atoms with E-state index < -0.39 is 17.5 Å². The van der Waals surface area contributed by atoms with E-state index in [0.717, 1.165) is 56.8 Å². The molecular weight excluding hydrogens is 438 g/mol. The molecule has 6 nitrogen and oxygen atoms in total. The highest BCUT2D eigenvalue weighted by Gasteiger charge is 2.32. The summed E-state index contributed by atoms with van der Waals surface area (Å²) in [6, 6.07) is 11.8. The van der Waals surface area contributed by atoms with E-state index in [4.69, 9.17) is 0 Å². The summed E-state index contributed by atoms with van der Waals surface area (Å²) in [5.74, 6) is -1.21. The van der Waals surface area contributed by atoms with Crippen LogP contribution in [-0.4, -0.2) is 55.1 Å². The van der Waals surface area contributed by atoms with Crippen LogP contribution in [0.5, 0.6) is 0 Å². The minimum absolute atomic E-state index is 0.0544. The second kappa shape index (κ2) is 9.18. The summed E-state index contributed by atoms with van der Waals surface area (Å²) in [6.45, 7) is 3.44. The number of piperidine rings is 1. The quantitative estimate of drug-likeness (QED) is 0.616. The number of carbonyl (C=O) groups excluding carboxylic acids is 1. The van der Waals surface area contributed by atoms with E-state index >= 15 is 0 Å². The smallest absolute Gasteiger partial charge is 0.259 e. The Bertz CT molecular complexity index is 1280. The Morgan fingerprint density at radius 3 is 2.56 bits per heavy atom. The lowest BCUT2D eigenvalue weighted by Gasteiger charge is -2.38. The summed E-state index contributed by atoms with van der Waals surface area (Å²) in [5.41, 5.74) is 1.35. The first-order chi connectivity index (χ1) is 16.4. The monoisotopic (exact) mass is 466 g/mol. The Labute approximate surface area is 196 Å². The zero-order valence-electron chi connectivity index (χ0n) is 19.1. The van der Waals surface area contributed by atoms with Crippen LogP contribution in [0.4, 0.5) is 14.5 Å². The van der Waals surface area contributed by atoms with Gasteiger partial charge in [-0.15, -0.1) is 0 Å². The van der Waals surface area contributed by atoms with E-state index in [9.17, 15) is 18.4 Å². The van der Waals surface area contributed by atoms with Crippen LogP contribution in [0.3, 0.4) is 0 Å². The van der Waals surface area contributed by atoms with Gasteiger partial charge in [-0.05, 0) is 61.5 Å². The number of H-pyrrole nitrogens is 1. The van der Waals surface area contributed by atoms with E-state index in [1.807, 2.05) is 6.07 Å². The lowest BCUT2D eigenvalue weighted by Crippen LogP contribution is -2.44. The van der Waals surface area contributed by atoms with Crippen LogP contribution in [0.1, 0.15) is 41.2 Å². The largest absolute Gasteiger partial charge is 0.371 e. The number of amides is 1. The number of hydrogen-bond donors (Lipinski definition) is 2. The van der Waals surface area contributed by atoms with E-state index in [1.54, 1.807) is 18.2 Å². The van der Waals surface area contributed by atoms with Gasteiger partial charge in [0.15, 0.2) is 0 Å². The standard InChI is InChI=1S/C26H28F2N4O2/c1-29-25(33)20-6-5-19(14-22(20)28)31-11-8-18(9-12-31)32-10-7-17(15-32)23-13-16-3-2-4-21(27)24(16)26(34)30-23/h2-6,13-14,17-18H,7-12,15H2,1H3,(H,29,33)(H,30,34). The number of halogens is 2. The highest BCUT2D eigenvalue weighted by molar-refractivity contribution is 5.94. The number of nitrogens with zero attached hydrogens (tertiary/aromatic N) is 2. The number of benzene rings is 2. The molecule has 5 rings (SSSR count). The number of nitrogens with one attached hydrogen (secondary N) is 2. The maximum absolute atomic E-state index is 14.4. The molecule has 2 aromatic carbocycles. The van der Waals surface area contributed by atoms with Crippen molar-refractivity contribution < 1.29 is 13.6 Å². The number of hydrogen-bond acceptors (Lipinski definition) is 4.